The van der Waals surface area contributed by atoms with E-state index in [1.165, 1.54) is 49.4 Å². The average Bonchev–Trinajstić information content (AvgIpc) is 3.86. The number of fused-ring (bicyclic) bond motifs is 10. The summed E-state index contributed by atoms with van der Waals surface area (Å²) in [5.41, 5.74) is 13.6. The van der Waals surface area contributed by atoms with Crippen LogP contribution in [0.25, 0.3) is 99.2 Å². The first-order valence-electron chi connectivity index (χ1n) is 17.4. The van der Waals surface area contributed by atoms with Crippen molar-refractivity contribution in [2.24, 2.45) is 0 Å². The van der Waals surface area contributed by atoms with Crippen molar-refractivity contribution in [1.29, 1.82) is 0 Å². The molecule has 11 aromatic rings. The monoisotopic (exact) mass is 650 g/mol. The normalized spacial score (nSPS) is 11.9. The van der Waals surface area contributed by atoms with Crippen LogP contribution >= 0.6 is 0 Å². The summed E-state index contributed by atoms with van der Waals surface area (Å²) >= 11 is 0. The Morgan fingerprint density at radius 3 is 1.71 bits per heavy atom. The van der Waals surface area contributed by atoms with Gasteiger partial charge >= 0.3 is 0 Å². The molecule has 0 amide bonds. The van der Waals surface area contributed by atoms with Gasteiger partial charge in [-0.15, -0.1) is 0 Å². The fourth-order valence-electron chi connectivity index (χ4n) is 8.21. The Morgan fingerprint density at radius 2 is 0.882 bits per heavy atom. The minimum atomic E-state index is 0.910. The Balaban J connectivity index is 1.14. The van der Waals surface area contributed by atoms with Crippen LogP contribution in [0.3, 0.4) is 0 Å². The molecule has 3 nitrogen and oxygen atoms in total. The summed E-state index contributed by atoms with van der Waals surface area (Å²) in [5.74, 6) is 0. The van der Waals surface area contributed by atoms with Gasteiger partial charge in [0.15, 0.2) is 0 Å². The highest BCUT2D eigenvalue weighted by molar-refractivity contribution is 6.24. The minimum Gasteiger partial charge on any atom is -0.455 e. The predicted octanol–water partition coefficient (Wildman–Crippen LogP) is 13.1. The van der Waals surface area contributed by atoms with Crippen LogP contribution < -0.4 is 0 Å². The smallest absolute Gasteiger partial charge is 0.145 e. The molecule has 238 valence electrons. The average molecular weight is 651 g/mol. The van der Waals surface area contributed by atoms with Gasteiger partial charge in [0.25, 0.3) is 0 Å². The number of nitrogens with zero attached hydrogens (tertiary/aromatic N) is 2. The minimum absolute atomic E-state index is 0.910. The number of aromatic nitrogens is 2. The van der Waals surface area contributed by atoms with Gasteiger partial charge in [0.05, 0.1) is 27.5 Å². The molecule has 0 spiro atoms. The van der Waals surface area contributed by atoms with Crippen LogP contribution in [0, 0.1) is 0 Å². The van der Waals surface area contributed by atoms with Crippen LogP contribution in [0.2, 0.25) is 0 Å². The summed E-state index contributed by atoms with van der Waals surface area (Å²) in [6.45, 7) is 0. The first-order chi connectivity index (χ1) is 25.3. The van der Waals surface area contributed by atoms with E-state index < -0.39 is 0 Å². The first-order valence-corrected chi connectivity index (χ1v) is 17.4. The van der Waals surface area contributed by atoms with Gasteiger partial charge in [-0.3, -0.25) is 0 Å². The molecule has 0 fully saturated rings. The lowest BCUT2D eigenvalue weighted by Gasteiger charge is -2.11. The molecule has 3 heterocycles. The first kappa shape index (κ1) is 28.0. The second-order valence-corrected chi connectivity index (χ2v) is 13.3. The fraction of sp³-hybridized carbons (Fsp3) is 0. The molecule has 3 aromatic heterocycles. The SMILES string of the molecule is c1ccc(-c2cccc(-n3c4ccccc4c4cc(-c5ccc6c(c5)c5c7oc8ccccc8c7ccc5n6-c5ccccc5)ccc43)c2)cc1. The third kappa shape index (κ3) is 4.19. The van der Waals surface area contributed by atoms with Crippen LogP contribution in [0.4, 0.5) is 0 Å². The van der Waals surface area contributed by atoms with Crippen LogP contribution in [0.5, 0.6) is 0 Å². The van der Waals surface area contributed by atoms with Crippen molar-refractivity contribution in [1.82, 2.24) is 9.13 Å². The van der Waals surface area contributed by atoms with Gasteiger partial charge in [-0.05, 0) is 95.1 Å². The Morgan fingerprint density at radius 1 is 0.314 bits per heavy atom. The van der Waals surface area contributed by atoms with E-state index in [4.69, 9.17) is 4.42 Å². The molecule has 0 unspecified atom stereocenters. The highest BCUT2D eigenvalue weighted by Crippen LogP contribution is 2.42. The zero-order chi connectivity index (χ0) is 33.5. The summed E-state index contributed by atoms with van der Waals surface area (Å²) in [5, 5.41) is 7.07. The fourth-order valence-corrected chi connectivity index (χ4v) is 8.21. The van der Waals surface area contributed by atoms with E-state index in [9.17, 15) is 0 Å². The van der Waals surface area contributed by atoms with Crippen molar-refractivity contribution in [3.63, 3.8) is 0 Å². The van der Waals surface area contributed by atoms with Crippen molar-refractivity contribution in [2.75, 3.05) is 0 Å². The van der Waals surface area contributed by atoms with E-state index in [1.807, 2.05) is 6.07 Å². The van der Waals surface area contributed by atoms with E-state index in [-0.39, 0.29) is 0 Å². The van der Waals surface area contributed by atoms with Crippen molar-refractivity contribution in [2.45, 2.75) is 0 Å². The Bertz CT molecular complexity index is 3130. The van der Waals surface area contributed by atoms with Gasteiger partial charge in [0, 0.05) is 38.3 Å². The molecule has 0 N–H and O–H groups in total. The number of benzene rings is 8. The van der Waals surface area contributed by atoms with E-state index >= 15 is 0 Å². The number of hydrogen-bond acceptors (Lipinski definition) is 1. The van der Waals surface area contributed by atoms with Crippen LogP contribution in [-0.4, -0.2) is 9.13 Å². The van der Waals surface area contributed by atoms with E-state index in [2.05, 4.69) is 185 Å². The maximum absolute atomic E-state index is 6.64. The second-order valence-electron chi connectivity index (χ2n) is 13.3. The van der Waals surface area contributed by atoms with Crippen molar-refractivity contribution in [3.8, 4) is 33.6 Å². The molecule has 0 saturated carbocycles. The number of rotatable bonds is 4. The highest BCUT2D eigenvalue weighted by atomic mass is 16.3. The topological polar surface area (TPSA) is 23.0 Å². The van der Waals surface area contributed by atoms with Crippen LogP contribution in [0.15, 0.2) is 186 Å². The summed E-state index contributed by atoms with van der Waals surface area (Å²) in [6.07, 6.45) is 0. The summed E-state index contributed by atoms with van der Waals surface area (Å²) in [6, 6.07) is 65.4. The molecule has 0 aliphatic rings. The largest absolute Gasteiger partial charge is 0.455 e. The maximum atomic E-state index is 6.64. The summed E-state index contributed by atoms with van der Waals surface area (Å²) in [4.78, 5) is 0. The molecule has 11 rings (SSSR count). The Kier molecular flexibility index (Phi) is 5.96. The number of para-hydroxylation sites is 3. The quantitative estimate of drug-likeness (QED) is 0.186. The maximum Gasteiger partial charge on any atom is 0.145 e. The van der Waals surface area contributed by atoms with Crippen LogP contribution in [-0.2, 0) is 0 Å². The Hall–Kier alpha value is -6.84. The molecular weight excluding hydrogens is 621 g/mol. The van der Waals surface area contributed by atoms with Crippen molar-refractivity contribution in [3.05, 3.63) is 182 Å². The lowest BCUT2D eigenvalue weighted by molar-refractivity contribution is 0.673. The molecule has 0 saturated heterocycles. The third-order valence-electron chi connectivity index (χ3n) is 10.5. The van der Waals surface area contributed by atoms with E-state index in [1.54, 1.807) is 0 Å². The summed E-state index contributed by atoms with van der Waals surface area (Å²) < 4.78 is 11.4. The molecule has 0 radical (unpaired) electrons. The van der Waals surface area contributed by atoms with Gasteiger partial charge in [-0.25, -0.2) is 0 Å². The van der Waals surface area contributed by atoms with Gasteiger partial charge in [0.2, 0.25) is 0 Å². The molecule has 0 aliphatic heterocycles. The number of furan rings is 1. The molecule has 51 heavy (non-hydrogen) atoms. The third-order valence-corrected chi connectivity index (χ3v) is 10.5. The molecular formula is C48H30N2O. The lowest BCUT2D eigenvalue weighted by atomic mass is 10.00. The zero-order valence-electron chi connectivity index (χ0n) is 27.6. The van der Waals surface area contributed by atoms with Gasteiger partial charge in [-0.1, -0.05) is 109 Å². The second kappa shape index (κ2) is 10.8. The van der Waals surface area contributed by atoms with Gasteiger partial charge in [0.1, 0.15) is 11.2 Å². The van der Waals surface area contributed by atoms with Crippen molar-refractivity contribution >= 4 is 65.6 Å². The molecule has 0 atom stereocenters. The molecule has 8 aromatic carbocycles. The molecule has 0 bridgehead atoms. The number of hydrogen-bond donors (Lipinski definition) is 0. The van der Waals surface area contributed by atoms with Gasteiger partial charge < -0.3 is 13.6 Å². The zero-order valence-corrected chi connectivity index (χ0v) is 27.6. The van der Waals surface area contributed by atoms with Crippen molar-refractivity contribution < 1.29 is 4.42 Å². The predicted molar refractivity (Wildman–Crippen MR) is 213 cm³/mol. The molecule has 0 aliphatic carbocycles. The lowest BCUT2D eigenvalue weighted by Crippen LogP contribution is -1.94. The Labute approximate surface area is 293 Å². The van der Waals surface area contributed by atoms with E-state index in [0.29, 0.717) is 0 Å². The highest BCUT2D eigenvalue weighted by Gasteiger charge is 2.20. The summed E-state index contributed by atoms with van der Waals surface area (Å²) in [7, 11) is 0. The van der Waals surface area contributed by atoms with E-state index in [0.717, 1.165) is 49.7 Å². The van der Waals surface area contributed by atoms with Gasteiger partial charge in [-0.2, -0.15) is 0 Å². The van der Waals surface area contributed by atoms with Crippen LogP contribution in [0.1, 0.15) is 0 Å². The standard InChI is InChI=1S/C48H30N2O/c1-3-12-31(13-4-1)32-14-11-17-36(28-32)50-42-20-9-7-18-37(42)40-29-33(22-25-43(40)50)34-23-26-44-41(30-34)47-45(49(44)35-15-5-2-6-16-35)27-24-39-38-19-8-10-21-46(38)51-48(39)47/h1-30H. The molecule has 3 heteroatoms.